The van der Waals surface area contributed by atoms with E-state index in [0.717, 1.165) is 23.3 Å². The fourth-order valence-corrected chi connectivity index (χ4v) is 3.91. The zero-order valence-electron chi connectivity index (χ0n) is 19.9. The highest BCUT2D eigenvalue weighted by atomic mass is 16.5. The Bertz CT molecular complexity index is 1040. The molecular formula is C26H32N2O5. The largest absolute Gasteiger partial charge is 0.507 e. The van der Waals surface area contributed by atoms with Crippen LogP contribution in [0.5, 0.6) is 11.5 Å². The van der Waals surface area contributed by atoms with Crippen molar-refractivity contribution in [3.8, 4) is 11.5 Å². The van der Waals surface area contributed by atoms with Gasteiger partial charge in [0, 0.05) is 18.7 Å². The first-order chi connectivity index (χ1) is 15.8. The number of aliphatic hydroxyl groups excluding tert-OH is 1. The van der Waals surface area contributed by atoms with Crippen LogP contribution >= 0.6 is 0 Å². The molecule has 7 nitrogen and oxygen atoms in total. The maximum atomic E-state index is 13.1. The van der Waals surface area contributed by atoms with Crippen LogP contribution in [0.2, 0.25) is 0 Å². The third-order valence-corrected chi connectivity index (χ3v) is 5.67. The van der Waals surface area contributed by atoms with Crippen LogP contribution in [-0.2, 0) is 9.59 Å². The number of ether oxygens (including phenoxy) is 2. The number of ketones is 1. The highest BCUT2D eigenvalue weighted by molar-refractivity contribution is 6.46. The molecule has 1 amide bonds. The van der Waals surface area contributed by atoms with Gasteiger partial charge in [-0.1, -0.05) is 19.1 Å². The van der Waals surface area contributed by atoms with Crippen LogP contribution in [0.3, 0.4) is 0 Å². The highest BCUT2D eigenvalue weighted by Crippen LogP contribution is 2.40. The number of Topliss-reactive ketones (excluding diaryl/α,β-unsaturated/α-hetero) is 1. The van der Waals surface area contributed by atoms with Crippen molar-refractivity contribution in [1.82, 2.24) is 9.80 Å². The Balaban J connectivity index is 2.09. The second kappa shape index (κ2) is 10.5. The summed E-state index contributed by atoms with van der Waals surface area (Å²) in [6.07, 6.45) is 0.897. The SMILES string of the molecule is CCCOc1ccc(C2/C(=C(/O)c3ccc(OC)c(C)c3)C(=O)C(=O)N2CCN(C)C)cc1. The molecule has 1 heterocycles. The molecule has 176 valence electrons. The molecule has 0 aromatic heterocycles. The van der Waals surface area contributed by atoms with E-state index in [1.165, 1.54) is 4.90 Å². The van der Waals surface area contributed by atoms with Crippen LogP contribution < -0.4 is 9.47 Å². The molecule has 7 heteroatoms. The first kappa shape index (κ1) is 24.3. The Morgan fingerprint density at radius 2 is 1.82 bits per heavy atom. The van der Waals surface area contributed by atoms with Crippen molar-refractivity contribution in [3.05, 3.63) is 64.7 Å². The van der Waals surface area contributed by atoms with Crippen LogP contribution in [0, 0.1) is 6.92 Å². The molecule has 33 heavy (non-hydrogen) atoms. The quantitative estimate of drug-likeness (QED) is 0.354. The number of nitrogens with zero attached hydrogens (tertiary/aromatic N) is 2. The number of carbonyl (C=O) groups is 2. The highest BCUT2D eigenvalue weighted by Gasteiger charge is 2.45. The minimum atomic E-state index is -0.687. The van der Waals surface area contributed by atoms with E-state index in [2.05, 4.69) is 0 Å². The maximum absolute atomic E-state index is 13.1. The molecule has 0 spiro atoms. The summed E-state index contributed by atoms with van der Waals surface area (Å²) >= 11 is 0. The van der Waals surface area contributed by atoms with Crippen molar-refractivity contribution in [3.63, 3.8) is 0 Å². The summed E-state index contributed by atoms with van der Waals surface area (Å²) in [4.78, 5) is 29.6. The smallest absolute Gasteiger partial charge is 0.295 e. The summed E-state index contributed by atoms with van der Waals surface area (Å²) in [7, 11) is 5.39. The summed E-state index contributed by atoms with van der Waals surface area (Å²) in [6, 6.07) is 11.8. The van der Waals surface area contributed by atoms with Gasteiger partial charge in [0.2, 0.25) is 0 Å². The summed E-state index contributed by atoms with van der Waals surface area (Å²) in [6.45, 7) is 5.44. The van der Waals surface area contributed by atoms with E-state index in [-0.39, 0.29) is 11.3 Å². The number of aryl methyl sites for hydroxylation is 1. The molecule has 1 atom stereocenters. The van der Waals surface area contributed by atoms with Crippen molar-refractivity contribution in [2.45, 2.75) is 26.3 Å². The van der Waals surface area contributed by atoms with Crippen molar-refractivity contribution in [2.75, 3.05) is 40.9 Å². The molecule has 3 rings (SSSR count). The first-order valence-electron chi connectivity index (χ1n) is 11.1. The number of hydrogen-bond acceptors (Lipinski definition) is 6. The summed E-state index contributed by atoms with van der Waals surface area (Å²) in [5.74, 6) is -0.0902. The monoisotopic (exact) mass is 452 g/mol. The number of likely N-dealkylation sites (N-methyl/N-ethyl adjacent to an activating group) is 1. The van der Waals surface area contributed by atoms with Gasteiger partial charge in [-0.25, -0.2) is 0 Å². The number of methoxy groups -OCH3 is 1. The average molecular weight is 453 g/mol. The van der Waals surface area contributed by atoms with E-state index < -0.39 is 17.7 Å². The van der Waals surface area contributed by atoms with Gasteiger partial charge in [-0.15, -0.1) is 0 Å². The Morgan fingerprint density at radius 1 is 1.12 bits per heavy atom. The lowest BCUT2D eigenvalue weighted by molar-refractivity contribution is -0.140. The topological polar surface area (TPSA) is 79.3 Å². The summed E-state index contributed by atoms with van der Waals surface area (Å²) in [5, 5.41) is 11.2. The molecule has 0 bridgehead atoms. The van der Waals surface area contributed by atoms with E-state index >= 15 is 0 Å². The lowest BCUT2D eigenvalue weighted by Crippen LogP contribution is -2.35. The third kappa shape index (κ3) is 5.20. The number of carbonyl (C=O) groups excluding carboxylic acids is 2. The van der Waals surface area contributed by atoms with Crippen LogP contribution in [0.4, 0.5) is 0 Å². The predicted molar refractivity (Wildman–Crippen MR) is 128 cm³/mol. The Morgan fingerprint density at radius 3 is 2.39 bits per heavy atom. The number of benzene rings is 2. The number of rotatable bonds is 9. The van der Waals surface area contributed by atoms with E-state index in [4.69, 9.17) is 9.47 Å². The average Bonchev–Trinajstić information content (AvgIpc) is 3.06. The van der Waals surface area contributed by atoms with Crippen LogP contribution in [-0.4, -0.2) is 67.5 Å². The number of aliphatic hydroxyl groups is 1. The lowest BCUT2D eigenvalue weighted by atomic mass is 9.94. The standard InChI is InChI=1S/C26H32N2O5/c1-6-15-33-20-10-7-18(8-11-20)23-22(25(30)26(31)28(23)14-13-27(3)4)24(29)19-9-12-21(32-5)17(2)16-19/h7-12,16,23,29H,6,13-15H2,1-5H3/b24-22-. The van der Waals surface area contributed by atoms with Gasteiger partial charge in [-0.3, -0.25) is 9.59 Å². The Hall–Kier alpha value is -3.32. The fourth-order valence-electron chi connectivity index (χ4n) is 3.91. The number of amides is 1. The second-order valence-corrected chi connectivity index (χ2v) is 8.40. The van der Waals surface area contributed by atoms with Gasteiger partial charge < -0.3 is 24.4 Å². The van der Waals surface area contributed by atoms with Gasteiger partial charge >= 0.3 is 0 Å². The van der Waals surface area contributed by atoms with Gasteiger partial charge in [0.25, 0.3) is 11.7 Å². The normalized spacial score (nSPS) is 17.6. The Kier molecular flexibility index (Phi) is 7.76. The molecular weight excluding hydrogens is 420 g/mol. The van der Waals surface area contributed by atoms with Crippen LogP contribution in [0.1, 0.15) is 36.1 Å². The van der Waals surface area contributed by atoms with Crippen LogP contribution in [0.15, 0.2) is 48.0 Å². The fraction of sp³-hybridized carbons (Fsp3) is 0.385. The molecule has 1 unspecified atom stereocenters. The molecule has 1 aliphatic rings. The van der Waals surface area contributed by atoms with Crippen LogP contribution in [0.25, 0.3) is 5.76 Å². The molecule has 1 N–H and O–H groups in total. The van der Waals surface area contributed by atoms with Crippen molar-refractivity contribution >= 4 is 17.4 Å². The van der Waals surface area contributed by atoms with Gasteiger partial charge in [0.15, 0.2) is 0 Å². The number of likely N-dealkylation sites (tertiary alicyclic amines) is 1. The molecule has 2 aromatic carbocycles. The molecule has 1 aliphatic heterocycles. The van der Waals surface area contributed by atoms with Gasteiger partial charge in [0.1, 0.15) is 17.3 Å². The summed E-state index contributed by atoms with van der Waals surface area (Å²) < 4.78 is 11.0. The van der Waals surface area contributed by atoms with Crippen molar-refractivity contribution in [1.29, 1.82) is 0 Å². The van der Waals surface area contributed by atoms with Gasteiger partial charge in [-0.05, 0) is 68.9 Å². The van der Waals surface area contributed by atoms with E-state index in [1.807, 2.05) is 57.1 Å². The Labute approximate surface area is 195 Å². The molecule has 0 radical (unpaired) electrons. The molecule has 2 aromatic rings. The van der Waals surface area contributed by atoms with E-state index in [0.29, 0.717) is 31.0 Å². The van der Waals surface area contributed by atoms with E-state index in [9.17, 15) is 14.7 Å². The van der Waals surface area contributed by atoms with Gasteiger partial charge in [0.05, 0.1) is 25.3 Å². The molecule has 1 saturated heterocycles. The predicted octanol–water partition coefficient (Wildman–Crippen LogP) is 3.78. The maximum Gasteiger partial charge on any atom is 0.295 e. The molecule has 0 saturated carbocycles. The first-order valence-corrected chi connectivity index (χ1v) is 11.1. The van der Waals surface area contributed by atoms with Crippen molar-refractivity contribution < 1.29 is 24.2 Å². The van der Waals surface area contributed by atoms with Gasteiger partial charge in [-0.2, -0.15) is 0 Å². The third-order valence-electron chi connectivity index (χ3n) is 5.67. The minimum Gasteiger partial charge on any atom is -0.507 e. The zero-order valence-corrected chi connectivity index (χ0v) is 19.9. The zero-order chi connectivity index (χ0) is 24.1. The number of hydrogen-bond donors (Lipinski definition) is 1. The second-order valence-electron chi connectivity index (χ2n) is 8.40. The molecule has 0 aliphatic carbocycles. The lowest BCUT2D eigenvalue weighted by Gasteiger charge is -2.26. The van der Waals surface area contributed by atoms with E-state index in [1.54, 1.807) is 25.3 Å². The van der Waals surface area contributed by atoms with Crippen molar-refractivity contribution in [2.24, 2.45) is 0 Å². The minimum absolute atomic E-state index is 0.0885. The summed E-state index contributed by atoms with van der Waals surface area (Å²) in [5.41, 5.74) is 2.11. The molecule has 1 fully saturated rings.